The lowest BCUT2D eigenvalue weighted by molar-refractivity contribution is 0.624. The number of halogens is 1. The predicted octanol–water partition coefficient (Wildman–Crippen LogP) is 3.04. The van der Waals surface area contributed by atoms with Gasteiger partial charge in [-0.25, -0.2) is 4.39 Å². The molecular formula is C11H10F. The van der Waals surface area contributed by atoms with Gasteiger partial charge < -0.3 is 0 Å². The molecule has 0 unspecified atom stereocenters. The second-order valence-corrected chi connectivity index (χ2v) is 3.22. The summed E-state index contributed by atoms with van der Waals surface area (Å²) in [5.41, 5.74) is 1.86. The van der Waals surface area contributed by atoms with E-state index in [4.69, 9.17) is 0 Å². The summed E-state index contributed by atoms with van der Waals surface area (Å²) in [4.78, 5) is 0. The molecule has 12 heavy (non-hydrogen) atoms. The van der Waals surface area contributed by atoms with Gasteiger partial charge in [0.1, 0.15) is 5.82 Å². The van der Waals surface area contributed by atoms with Gasteiger partial charge in [-0.15, -0.1) is 0 Å². The van der Waals surface area contributed by atoms with Crippen LogP contribution in [-0.4, -0.2) is 0 Å². The maximum Gasteiger partial charge on any atom is 0.124 e. The van der Waals surface area contributed by atoms with Gasteiger partial charge in [-0.2, -0.15) is 0 Å². The van der Waals surface area contributed by atoms with Gasteiger partial charge in [0.05, 0.1) is 0 Å². The summed E-state index contributed by atoms with van der Waals surface area (Å²) in [5.74, 6) is 0.415. The molecule has 0 amide bonds. The molecule has 0 bridgehead atoms. The van der Waals surface area contributed by atoms with Gasteiger partial charge in [0, 0.05) is 0 Å². The van der Waals surface area contributed by atoms with Gasteiger partial charge in [-0.05, 0) is 48.1 Å². The Hall–Kier alpha value is -1.11. The molecule has 1 saturated carbocycles. The van der Waals surface area contributed by atoms with Crippen molar-refractivity contribution in [1.82, 2.24) is 0 Å². The summed E-state index contributed by atoms with van der Waals surface area (Å²) in [6.07, 6.45) is 5.09. The Morgan fingerprint density at radius 1 is 1.33 bits per heavy atom. The monoisotopic (exact) mass is 161 g/mol. The smallest absolute Gasteiger partial charge is 0.124 e. The highest BCUT2D eigenvalue weighted by Gasteiger charge is 2.23. The third kappa shape index (κ3) is 1.40. The van der Waals surface area contributed by atoms with Crippen molar-refractivity contribution in [3.63, 3.8) is 0 Å². The molecule has 1 aliphatic rings. The Morgan fingerprint density at radius 3 is 2.67 bits per heavy atom. The molecule has 0 heterocycles. The SMILES string of the molecule is C=[C]c1cc(F)cc(C2CC2)c1. The van der Waals surface area contributed by atoms with Crippen LogP contribution < -0.4 is 0 Å². The molecule has 0 N–H and O–H groups in total. The average molecular weight is 161 g/mol. The Labute approximate surface area is 71.7 Å². The first-order valence-corrected chi connectivity index (χ1v) is 4.13. The van der Waals surface area contributed by atoms with E-state index < -0.39 is 0 Å². The van der Waals surface area contributed by atoms with Crippen LogP contribution in [0.5, 0.6) is 0 Å². The van der Waals surface area contributed by atoms with Crippen LogP contribution in [0.4, 0.5) is 4.39 Å². The fourth-order valence-corrected chi connectivity index (χ4v) is 1.37. The molecule has 0 aliphatic heterocycles. The maximum atomic E-state index is 12.9. The van der Waals surface area contributed by atoms with Crippen LogP contribution in [0.1, 0.15) is 29.9 Å². The maximum absolute atomic E-state index is 12.9. The lowest BCUT2D eigenvalue weighted by Gasteiger charge is -1.99. The second kappa shape index (κ2) is 2.74. The molecular weight excluding hydrogens is 151 g/mol. The first kappa shape index (κ1) is 7.53. The van der Waals surface area contributed by atoms with Crippen LogP contribution in [0.25, 0.3) is 0 Å². The molecule has 0 nitrogen and oxygen atoms in total. The van der Waals surface area contributed by atoms with Crippen molar-refractivity contribution in [2.75, 3.05) is 0 Å². The van der Waals surface area contributed by atoms with Crippen LogP contribution >= 0.6 is 0 Å². The van der Waals surface area contributed by atoms with Crippen molar-refractivity contribution in [2.45, 2.75) is 18.8 Å². The van der Waals surface area contributed by atoms with E-state index in [0.717, 1.165) is 11.1 Å². The van der Waals surface area contributed by atoms with Gasteiger partial charge in [0.2, 0.25) is 0 Å². The van der Waals surface area contributed by atoms with E-state index >= 15 is 0 Å². The van der Waals surface area contributed by atoms with Crippen molar-refractivity contribution >= 4 is 0 Å². The number of benzene rings is 1. The number of rotatable bonds is 2. The molecule has 1 aromatic rings. The van der Waals surface area contributed by atoms with Crippen molar-refractivity contribution in [1.29, 1.82) is 0 Å². The molecule has 1 fully saturated rings. The zero-order valence-corrected chi connectivity index (χ0v) is 6.81. The van der Waals surface area contributed by atoms with Crippen LogP contribution in [-0.2, 0) is 0 Å². The molecule has 0 saturated heterocycles. The minimum Gasteiger partial charge on any atom is -0.207 e. The van der Waals surface area contributed by atoms with E-state index in [2.05, 4.69) is 12.7 Å². The molecule has 2 rings (SSSR count). The Balaban J connectivity index is 2.40. The van der Waals surface area contributed by atoms with Gasteiger partial charge >= 0.3 is 0 Å². The largest absolute Gasteiger partial charge is 0.207 e. The predicted molar refractivity (Wildman–Crippen MR) is 46.3 cm³/mol. The van der Waals surface area contributed by atoms with E-state index in [1.165, 1.54) is 18.9 Å². The van der Waals surface area contributed by atoms with Crippen LogP contribution in [0, 0.1) is 11.9 Å². The van der Waals surface area contributed by atoms with Crippen molar-refractivity contribution in [3.05, 3.63) is 47.8 Å². The quantitative estimate of drug-likeness (QED) is 0.625. The minimum absolute atomic E-state index is 0.175. The van der Waals surface area contributed by atoms with Crippen molar-refractivity contribution in [2.24, 2.45) is 0 Å². The summed E-state index contributed by atoms with van der Waals surface area (Å²) in [7, 11) is 0. The fraction of sp³-hybridized carbons (Fsp3) is 0.273. The highest BCUT2D eigenvalue weighted by molar-refractivity contribution is 5.32. The third-order valence-corrected chi connectivity index (χ3v) is 2.17. The normalized spacial score (nSPS) is 16.1. The molecule has 1 radical (unpaired) electrons. The standard InChI is InChI=1S/C11H10F/c1-2-8-5-10(9-3-4-9)7-11(12)6-8/h5-7,9H,1,3-4H2. The topological polar surface area (TPSA) is 0 Å². The highest BCUT2D eigenvalue weighted by atomic mass is 19.1. The zero-order chi connectivity index (χ0) is 8.55. The first-order chi connectivity index (χ1) is 5.79. The molecule has 1 aliphatic carbocycles. The van der Waals surface area contributed by atoms with E-state index in [-0.39, 0.29) is 5.82 Å². The molecule has 0 aromatic heterocycles. The second-order valence-electron chi connectivity index (χ2n) is 3.22. The van der Waals surface area contributed by atoms with Gasteiger partial charge in [-0.1, -0.05) is 12.6 Å². The third-order valence-electron chi connectivity index (χ3n) is 2.17. The fourth-order valence-electron chi connectivity index (χ4n) is 1.37. The summed E-state index contributed by atoms with van der Waals surface area (Å²) >= 11 is 0. The van der Waals surface area contributed by atoms with Crippen molar-refractivity contribution in [3.8, 4) is 0 Å². The van der Waals surface area contributed by atoms with Crippen molar-refractivity contribution < 1.29 is 4.39 Å². The van der Waals surface area contributed by atoms with E-state index in [1.807, 2.05) is 6.07 Å². The molecule has 0 spiro atoms. The van der Waals surface area contributed by atoms with Crippen LogP contribution in [0.3, 0.4) is 0 Å². The molecule has 61 valence electrons. The summed E-state index contributed by atoms with van der Waals surface area (Å²) in [5, 5.41) is 0. The molecule has 0 atom stereocenters. The average Bonchev–Trinajstić information content (AvgIpc) is 2.85. The summed E-state index contributed by atoms with van der Waals surface area (Å²) in [6.45, 7) is 3.50. The Bertz CT molecular complexity index is 311. The zero-order valence-electron chi connectivity index (χ0n) is 6.81. The van der Waals surface area contributed by atoms with Crippen LogP contribution in [0.15, 0.2) is 24.8 Å². The lowest BCUT2D eigenvalue weighted by Crippen LogP contribution is -1.85. The van der Waals surface area contributed by atoms with Crippen LogP contribution in [0.2, 0.25) is 0 Å². The van der Waals surface area contributed by atoms with Gasteiger partial charge in [0.25, 0.3) is 0 Å². The van der Waals surface area contributed by atoms with E-state index in [0.29, 0.717) is 5.92 Å². The Morgan fingerprint density at radius 2 is 2.08 bits per heavy atom. The van der Waals surface area contributed by atoms with Gasteiger partial charge in [0.15, 0.2) is 0 Å². The first-order valence-electron chi connectivity index (χ1n) is 4.13. The van der Waals surface area contributed by atoms with E-state index in [9.17, 15) is 4.39 Å². The lowest BCUT2D eigenvalue weighted by atomic mass is 10.1. The Kier molecular flexibility index (Phi) is 1.72. The summed E-state index contributed by atoms with van der Waals surface area (Å²) < 4.78 is 12.9. The van der Waals surface area contributed by atoms with Gasteiger partial charge in [-0.3, -0.25) is 0 Å². The number of hydrogen-bond acceptors (Lipinski definition) is 0. The minimum atomic E-state index is -0.175. The number of hydrogen-bond donors (Lipinski definition) is 0. The highest BCUT2D eigenvalue weighted by Crippen LogP contribution is 2.40. The molecule has 1 aromatic carbocycles. The summed E-state index contributed by atoms with van der Waals surface area (Å²) in [6, 6.07) is 5.03. The molecule has 1 heteroatoms. The van der Waals surface area contributed by atoms with E-state index in [1.54, 1.807) is 6.07 Å².